The van der Waals surface area contributed by atoms with Crippen molar-refractivity contribution in [2.45, 2.75) is 44.7 Å². The van der Waals surface area contributed by atoms with Gasteiger partial charge in [0.2, 0.25) is 0 Å². The number of aromatic nitrogens is 3. The first-order valence-electron chi connectivity index (χ1n) is 12.3. The van der Waals surface area contributed by atoms with Gasteiger partial charge < -0.3 is 29.2 Å². The smallest absolute Gasteiger partial charge is 0.488 e. The summed E-state index contributed by atoms with van der Waals surface area (Å²) in [6.07, 6.45) is 1.43. The van der Waals surface area contributed by atoms with Gasteiger partial charge in [-0.05, 0) is 59.9 Å². The molecular formula is C25H26F3N5O5. The SMILES string of the molecule is O=[N+]([O-])c1cn2c(n1)OC(COc1ccc(N3CCC(Cc4ccc(OC(F)(F)F)cc4)CC3)nc1)CC2. The Labute approximate surface area is 216 Å². The minimum Gasteiger partial charge on any atom is -0.488 e. The number of hydrogen-bond acceptors (Lipinski definition) is 8. The molecule has 38 heavy (non-hydrogen) atoms. The van der Waals surface area contributed by atoms with Gasteiger partial charge in [-0.25, -0.2) is 4.98 Å². The van der Waals surface area contributed by atoms with E-state index in [9.17, 15) is 23.3 Å². The maximum Gasteiger partial charge on any atom is 0.573 e. The Kier molecular flexibility index (Phi) is 7.25. The third-order valence-electron chi connectivity index (χ3n) is 6.65. The zero-order chi connectivity index (χ0) is 26.7. The van der Waals surface area contributed by atoms with Crippen LogP contribution >= 0.6 is 0 Å². The fourth-order valence-corrected chi connectivity index (χ4v) is 4.70. The van der Waals surface area contributed by atoms with Crippen molar-refractivity contribution in [1.29, 1.82) is 0 Å². The molecule has 2 aromatic heterocycles. The maximum absolute atomic E-state index is 12.3. The highest BCUT2D eigenvalue weighted by Crippen LogP contribution is 2.28. The van der Waals surface area contributed by atoms with Crippen LogP contribution in [0.1, 0.15) is 24.8 Å². The van der Waals surface area contributed by atoms with Crippen molar-refractivity contribution in [3.63, 3.8) is 0 Å². The number of nitro groups is 1. The van der Waals surface area contributed by atoms with E-state index in [1.807, 2.05) is 12.1 Å². The number of aryl methyl sites for hydroxylation is 1. The Morgan fingerprint density at radius 3 is 2.45 bits per heavy atom. The van der Waals surface area contributed by atoms with Crippen LogP contribution in [-0.2, 0) is 13.0 Å². The van der Waals surface area contributed by atoms with Crippen LogP contribution in [0.3, 0.4) is 0 Å². The zero-order valence-corrected chi connectivity index (χ0v) is 20.3. The Morgan fingerprint density at radius 2 is 1.79 bits per heavy atom. The van der Waals surface area contributed by atoms with Gasteiger partial charge in [0.15, 0.2) is 0 Å². The molecule has 13 heteroatoms. The van der Waals surface area contributed by atoms with Crippen molar-refractivity contribution in [3.05, 3.63) is 64.5 Å². The molecule has 1 atom stereocenters. The van der Waals surface area contributed by atoms with Crippen LogP contribution in [0.4, 0.5) is 24.8 Å². The molecule has 202 valence electrons. The first-order chi connectivity index (χ1) is 18.2. The normalized spacial score (nSPS) is 18.0. The van der Waals surface area contributed by atoms with Crippen LogP contribution in [0, 0.1) is 16.0 Å². The molecule has 1 unspecified atom stereocenters. The number of benzene rings is 1. The molecule has 0 bridgehead atoms. The molecule has 0 N–H and O–H groups in total. The van der Waals surface area contributed by atoms with Crippen LogP contribution in [-0.4, -0.2) is 51.6 Å². The van der Waals surface area contributed by atoms with E-state index in [0.29, 0.717) is 24.6 Å². The zero-order valence-electron chi connectivity index (χ0n) is 20.3. The van der Waals surface area contributed by atoms with Gasteiger partial charge in [0.05, 0.1) is 6.20 Å². The summed E-state index contributed by atoms with van der Waals surface area (Å²) < 4.78 is 54.1. The van der Waals surface area contributed by atoms with Gasteiger partial charge in [0, 0.05) is 31.0 Å². The number of alkyl halides is 3. The minimum atomic E-state index is -4.69. The highest BCUT2D eigenvalue weighted by atomic mass is 19.4. The second kappa shape index (κ2) is 10.8. The minimum absolute atomic E-state index is 0.209. The van der Waals surface area contributed by atoms with Crippen molar-refractivity contribution in [3.8, 4) is 17.5 Å². The third kappa shape index (κ3) is 6.45. The van der Waals surface area contributed by atoms with Gasteiger partial charge in [-0.2, -0.15) is 0 Å². The topological polar surface area (TPSA) is 105 Å². The number of hydrogen-bond donors (Lipinski definition) is 0. The molecule has 1 fully saturated rings. The molecule has 0 aliphatic carbocycles. The lowest BCUT2D eigenvalue weighted by atomic mass is 9.90. The maximum atomic E-state index is 12.3. The summed E-state index contributed by atoms with van der Waals surface area (Å²) in [5.74, 6) is 1.45. The van der Waals surface area contributed by atoms with Gasteiger partial charge in [0.25, 0.3) is 0 Å². The molecular weight excluding hydrogens is 507 g/mol. The fourth-order valence-electron chi connectivity index (χ4n) is 4.70. The van der Waals surface area contributed by atoms with Gasteiger partial charge in [-0.15, -0.1) is 13.2 Å². The highest BCUT2D eigenvalue weighted by Gasteiger charge is 2.31. The van der Waals surface area contributed by atoms with Gasteiger partial charge >= 0.3 is 18.2 Å². The summed E-state index contributed by atoms with van der Waals surface area (Å²) >= 11 is 0. The fraction of sp³-hybridized carbons (Fsp3) is 0.440. The molecule has 1 aromatic carbocycles. The number of ether oxygens (including phenoxy) is 3. The van der Waals surface area contributed by atoms with E-state index in [0.717, 1.165) is 43.7 Å². The highest BCUT2D eigenvalue weighted by molar-refractivity contribution is 5.41. The van der Waals surface area contributed by atoms with E-state index < -0.39 is 11.3 Å². The van der Waals surface area contributed by atoms with Crippen LogP contribution < -0.4 is 19.1 Å². The van der Waals surface area contributed by atoms with Crippen molar-refractivity contribution in [2.75, 3.05) is 24.6 Å². The number of imidazole rings is 1. The lowest BCUT2D eigenvalue weighted by Gasteiger charge is -2.33. The first kappa shape index (κ1) is 25.6. The average Bonchev–Trinajstić information content (AvgIpc) is 3.33. The summed E-state index contributed by atoms with van der Waals surface area (Å²) in [7, 11) is 0. The lowest BCUT2D eigenvalue weighted by Crippen LogP contribution is -2.34. The summed E-state index contributed by atoms with van der Waals surface area (Å²) in [5.41, 5.74) is 0.988. The summed E-state index contributed by atoms with van der Waals surface area (Å²) in [4.78, 5) is 21.0. The number of halogens is 3. The van der Waals surface area contributed by atoms with Gasteiger partial charge in [0.1, 0.15) is 36.2 Å². The summed E-state index contributed by atoms with van der Waals surface area (Å²) in [6, 6.07) is 10.1. The number of piperidine rings is 1. The molecule has 4 heterocycles. The number of fused-ring (bicyclic) bond motifs is 1. The van der Waals surface area contributed by atoms with E-state index in [4.69, 9.17) is 9.47 Å². The predicted molar refractivity (Wildman–Crippen MR) is 129 cm³/mol. The average molecular weight is 534 g/mol. The molecule has 0 saturated carbocycles. The van der Waals surface area contributed by atoms with E-state index in [1.54, 1.807) is 22.9 Å². The number of rotatable bonds is 8. The van der Waals surface area contributed by atoms with Gasteiger partial charge in [-0.3, -0.25) is 4.57 Å². The van der Waals surface area contributed by atoms with Crippen molar-refractivity contribution in [2.24, 2.45) is 5.92 Å². The van der Waals surface area contributed by atoms with E-state index >= 15 is 0 Å². The van der Waals surface area contributed by atoms with Gasteiger partial charge in [-0.1, -0.05) is 12.1 Å². The molecule has 0 spiro atoms. The molecule has 0 amide bonds. The van der Waals surface area contributed by atoms with Crippen LogP contribution in [0.15, 0.2) is 48.8 Å². The van der Waals surface area contributed by atoms with Crippen molar-refractivity contribution < 1.29 is 32.3 Å². The molecule has 3 aromatic rings. The molecule has 2 aliphatic rings. The second-order valence-corrected chi connectivity index (χ2v) is 9.35. The number of nitrogens with zero attached hydrogens (tertiary/aromatic N) is 5. The quantitative estimate of drug-likeness (QED) is 0.301. The second-order valence-electron chi connectivity index (χ2n) is 9.35. The third-order valence-corrected chi connectivity index (χ3v) is 6.65. The number of pyridine rings is 1. The predicted octanol–water partition coefficient (Wildman–Crippen LogP) is 4.77. The Balaban J connectivity index is 1.06. The molecule has 0 radical (unpaired) electrons. The molecule has 1 saturated heterocycles. The van der Waals surface area contributed by atoms with Crippen LogP contribution in [0.25, 0.3) is 0 Å². The van der Waals surface area contributed by atoms with E-state index in [1.165, 1.54) is 18.3 Å². The van der Waals surface area contributed by atoms with Crippen molar-refractivity contribution >= 4 is 11.6 Å². The van der Waals surface area contributed by atoms with E-state index in [-0.39, 0.29) is 30.3 Å². The Hall–Kier alpha value is -4.03. The van der Waals surface area contributed by atoms with Crippen LogP contribution in [0.2, 0.25) is 0 Å². The van der Waals surface area contributed by atoms with Crippen molar-refractivity contribution in [1.82, 2.24) is 14.5 Å². The largest absolute Gasteiger partial charge is 0.573 e. The van der Waals surface area contributed by atoms with E-state index in [2.05, 4.69) is 19.6 Å². The number of anilines is 1. The van der Waals surface area contributed by atoms with Crippen LogP contribution in [0.5, 0.6) is 17.5 Å². The summed E-state index contributed by atoms with van der Waals surface area (Å²) in [5, 5.41) is 10.9. The Morgan fingerprint density at radius 1 is 1.05 bits per heavy atom. The first-order valence-corrected chi connectivity index (χ1v) is 12.3. The lowest BCUT2D eigenvalue weighted by molar-refractivity contribution is -0.389. The molecule has 5 rings (SSSR count). The Bertz CT molecular complexity index is 1240. The standard InChI is InChI=1S/C25H26F3N5O5/c26-25(27,28)38-19-3-1-17(2-4-19)13-18-7-10-31(11-8-18)22-6-5-20(14-29-22)36-16-21-9-12-32-15-23(33(34)35)30-24(32)37-21/h1-6,14-15,18,21H,7-13,16H2. The molecule has 10 nitrogen and oxygen atoms in total. The summed E-state index contributed by atoms with van der Waals surface area (Å²) in [6.45, 7) is 2.51. The monoisotopic (exact) mass is 533 g/mol. The molecule has 2 aliphatic heterocycles.